The first-order valence-corrected chi connectivity index (χ1v) is 5.64. The van der Waals surface area contributed by atoms with Crippen LogP contribution < -0.4 is 5.73 Å². The SMILES string of the molecule is C=C(CC)CC(=O)CCc1ccc(N)cc1. The first-order valence-electron chi connectivity index (χ1n) is 5.64. The smallest absolute Gasteiger partial charge is 0.137 e. The lowest BCUT2D eigenvalue weighted by Crippen LogP contribution is -2.01. The second-order valence-electron chi connectivity index (χ2n) is 4.06. The number of hydrogen-bond acceptors (Lipinski definition) is 2. The van der Waals surface area contributed by atoms with E-state index in [9.17, 15) is 4.79 Å². The van der Waals surface area contributed by atoms with Gasteiger partial charge in [0.25, 0.3) is 0 Å². The Kier molecular flexibility index (Phi) is 4.77. The number of benzene rings is 1. The van der Waals surface area contributed by atoms with Crippen LogP contribution in [-0.2, 0) is 11.2 Å². The zero-order valence-electron chi connectivity index (χ0n) is 9.83. The zero-order chi connectivity index (χ0) is 12.0. The summed E-state index contributed by atoms with van der Waals surface area (Å²) in [6.07, 6.45) is 2.78. The van der Waals surface area contributed by atoms with Crippen LogP contribution in [0.4, 0.5) is 5.69 Å². The van der Waals surface area contributed by atoms with E-state index >= 15 is 0 Å². The third kappa shape index (κ3) is 4.30. The number of hydrogen-bond donors (Lipinski definition) is 1. The molecule has 0 aliphatic rings. The van der Waals surface area contributed by atoms with E-state index in [2.05, 4.69) is 6.58 Å². The number of allylic oxidation sites excluding steroid dienone is 1. The highest BCUT2D eigenvalue weighted by atomic mass is 16.1. The number of anilines is 1. The van der Waals surface area contributed by atoms with Crippen LogP contribution in [0.1, 0.15) is 31.7 Å². The maximum absolute atomic E-state index is 11.6. The largest absolute Gasteiger partial charge is 0.399 e. The summed E-state index contributed by atoms with van der Waals surface area (Å²) in [5.41, 5.74) is 8.52. The minimum Gasteiger partial charge on any atom is -0.399 e. The van der Waals surface area contributed by atoms with E-state index in [0.717, 1.165) is 29.7 Å². The topological polar surface area (TPSA) is 43.1 Å². The Morgan fingerprint density at radius 1 is 1.31 bits per heavy atom. The van der Waals surface area contributed by atoms with Gasteiger partial charge in [-0.1, -0.05) is 31.2 Å². The summed E-state index contributed by atoms with van der Waals surface area (Å²) in [6.45, 7) is 5.87. The van der Waals surface area contributed by atoms with Gasteiger partial charge in [0.15, 0.2) is 0 Å². The Labute approximate surface area is 97.2 Å². The van der Waals surface area contributed by atoms with Crippen molar-refractivity contribution in [2.24, 2.45) is 0 Å². The van der Waals surface area contributed by atoms with Crippen LogP contribution >= 0.6 is 0 Å². The molecule has 16 heavy (non-hydrogen) atoms. The Morgan fingerprint density at radius 3 is 2.50 bits per heavy atom. The minimum absolute atomic E-state index is 0.267. The van der Waals surface area contributed by atoms with Crippen LogP contribution in [0.2, 0.25) is 0 Å². The van der Waals surface area contributed by atoms with Crippen LogP contribution in [0.25, 0.3) is 0 Å². The molecule has 1 rings (SSSR count). The lowest BCUT2D eigenvalue weighted by molar-refractivity contribution is -0.118. The summed E-state index contributed by atoms with van der Waals surface area (Å²) in [6, 6.07) is 7.67. The molecule has 2 nitrogen and oxygen atoms in total. The second kappa shape index (κ2) is 6.11. The van der Waals surface area contributed by atoms with Crippen LogP contribution in [0, 0.1) is 0 Å². The Morgan fingerprint density at radius 2 is 1.94 bits per heavy atom. The van der Waals surface area contributed by atoms with E-state index in [4.69, 9.17) is 5.73 Å². The van der Waals surface area contributed by atoms with Crippen molar-refractivity contribution in [1.29, 1.82) is 0 Å². The third-order valence-electron chi connectivity index (χ3n) is 2.62. The first kappa shape index (κ1) is 12.5. The lowest BCUT2D eigenvalue weighted by atomic mass is 10.0. The molecule has 0 atom stereocenters. The Bertz CT molecular complexity index is 365. The highest BCUT2D eigenvalue weighted by Crippen LogP contribution is 2.10. The predicted octanol–water partition coefficient (Wildman–Crippen LogP) is 3.13. The fourth-order valence-electron chi connectivity index (χ4n) is 1.46. The molecule has 0 aliphatic carbocycles. The molecule has 0 saturated carbocycles. The normalized spacial score (nSPS) is 10.1. The molecule has 1 aromatic rings. The van der Waals surface area contributed by atoms with Gasteiger partial charge >= 0.3 is 0 Å². The number of ketones is 1. The summed E-state index contributed by atoms with van der Waals surface area (Å²) in [4.78, 5) is 11.6. The Balaban J connectivity index is 2.37. The monoisotopic (exact) mass is 217 g/mol. The summed E-state index contributed by atoms with van der Waals surface area (Å²) in [7, 11) is 0. The Hall–Kier alpha value is -1.57. The molecule has 1 aromatic carbocycles. The van der Waals surface area contributed by atoms with Crippen LogP contribution in [0.3, 0.4) is 0 Å². The molecular formula is C14H19NO. The molecule has 0 fully saturated rings. The number of rotatable bonds is 6. The van der Waals surface area contributed by atoms with Crippen molar-refractivity contribution in [2.45, 2.75) is 32.6 Å². The highest BCUT2D eigenvalue weighted by molar-refractivity contribution is 5.80. The van der Waals surface area contributed by atoms with Crippen molar-refractivity contribution in [3.63, 3.8) is 0 Å². The van der Waals surface area contributed by atoms with E-state index in [0.29, 0.717) is 12.8 Å². The van der Waals surface area contributed by atoms with E-state index in [-0.39, 0.29) is 5.78 Å². The summed E-state index contributed by atoms with van der Waals surface area (Å²) in [5, 5.41) is 0. The van der Waals surface area contributed by atoms with Gasteiger partial charge in [0.2, 0.25) is 0 Å². The van der Waals surface area contributed by atoms with E-state index in [1.165, 1.54) is 0 Å². The van der Waals surface area contributed by atoms with Gasteiger partial charge in [0, 0.05) is 18.5 Å². The van der Waals surface area contributed by atoms with E-state index in [1.54, 1.807) is 0 Å². The van der Waals surface area contributed by atoms with Crippen LogP contribution in [0.15, 0.2) is 36.4 Å². The van der Waals surface area contributed by atoms with Gasteiger partial charge in [-0.3, -0.25) is 4.79 Å². The van der Waals surface area contributed by atoms with Crippen molar-refractivity contribution in [3.8, 4) is 0 Å². The molecule has 0 saturated heterocycles. The fourth-order valence-corrected chi connectivity index (χ4v) is 1.46. The molecule has 0 aromatic heterocycles. The zero-order valence-corrected chi connectivity index (χ0v) is 9.83. The molecule has 86 valence electrons. The molecule has 0 unspecified atom stereocenters. The highest BCUT2D eigenvalue weighted by Gasteiger charge is 2.04. The van der Waals surface area contributed by atoms with Crippen molar-refractivity contribution >= 4 is 11.5 Å². The maximum Gasteiger partial charge on any atom is 0.137 e. The number of nitrogen functional groups attached to an aromatic ring is 1. The molecule has 2 heteroatoms. The van der Waals surface area contributed by atoms with Gasteiger partial charge in [0.1, 0.15) is 5.78 Å². The van der Waals surface area contributed by atoms with Gasteiger partial charge in [-0.15, -0.1) is 0 Å². The molecule has 0 amide bonds. The number of carbonyl (C=O) groups is 1. The van der Waals surface area contributed by atoms with Gasteiger partial charge in [-0.2, -0.15) is 0 Å². The van der Waals surface area contributed by atoms with Crippen molar-refractivity contribution < 1.29 is 4.79 Å². The molecular weight excluding hydrogens is 198 g/mol. The van der Waals surface area contributed by atoms with E-state index < -0.39 is 0 Å². The van der Waals surface area contributed by atoms with E-state index in [1.807, 2.05) is 31.2 Å². The molecule has 0 spiro atoms. The molecule has 0 bridgehead atoms. The third-order valence-corrected chi connectivity index (χ3v) is 2.62. The fraction of sp³-hybridized carbons (Fsp3) is 0.357. The molecule has 2 N–H and O–H groups in total. The second-order valence-corrected chi connectivity index (χ2v) is 4.06. The summed E-state index contributed by atoms with van der Waals surface area (Å²) >= 11 is 0. The lowest BCUT2D eigenvalue weighted by Gasteiger charge is -2.03. The average molecular weight is 217 g/mol. The maximum atomic E-state index is 11.6. The van der Waals surface area contributed by atoms with Gasteiger partial charge in [0.05, 0.1) is 0 Å². The first-order chi connectivity index (χ1) is 7.61. The summed E-state index contributed by atoms with van der Waals surface area (Å²) in [5.74, 6) is 0.267. The number of carbonyl (C=O) groups excluding carboxylic acids is 1. The van der Waals surface area contributed by atoms with Crippen LogP contribution in [-0.4, -0.2) is 5.78 Å². The predicted molar refractivity (Wildman–Crippen MR) is 68.2 cm³/mol. The van der Waals surface area contributed by atoms with Crippen molar-refractivity contribution in [1.82, 2.24) is 0 Å². The molecule has 0 aliphatic heterocycles. The molecule has 0 radical (unpaired) electrons. The quantitative estimate of drug-likeness (QED) is 0.587. The summed E-state index contributed by atoms with van der Waals surface area (Å²) < 4.78 is 0. The number of aryl methyl sites for hydroxylation is 1. The van der Waals surface area contributed by atoms with Crippen molar-refractivity contribution in [2.75, 3.05) is 5.73 Å². The van der Waals surface area contributed by atoms with Gasteiger partial charge < -0.3 is 5.73 Å². The number of Topliss-reactive ketones (excluding diaryl/α,β-unsaturated/α-hetero) is 1. The average Bonchev–Trinajstić information content (AvgIpc) is 2.28. The standard InChI is InChI=1S/C14H19NO/c1-3-11(2)10-14(16)9-6-12-4-7-13(15)8-5-12/h4-5,7-8H,2-3,6,9-10,15H2,1H3. The van der Waals surface area contributed by atoms with Gasteiger partial charge in [-0.25, -0.2) is 0 Å². The number of nitrogens with two attached hydrogens (primary N) is 1. The van der Waals surface area contributed by atoms with Crippen molar-refractivity contribution in [3.05, 3.63) is 42.0 Å². The van der Waals surface area contributed by atoms with Crippen LogP contribution in [0.5, 0.6) is 0 Å². The molecule has 0 heterocycles. The van der Waals surface area contributed by atoms with Gasteiger partial charge in [-0.05, 0) is 30.5 Å². The minimum atomic E-state index is 0.267.